The fourth-order valence-electron chi connectivity index (χ4n) is 2.93. The Balaban J connectivity index is 3.02. The average molecular weight is 516 g/mol. The number of carbonyl (C=O) groups is 4. The maximum atomic E-state index is 13.0. The molecule has 1 aromatic carbocycles. The summed E-state index contributed by atoms with van der Waals surface area (Å²) in [4.78, 5) is 49.5. The number of phenolic OH excluding ortho intramolecular Hbond substituents is 1. The zero-order valence-corrected chi connectivity index (χ0v) is 20.4. The first-order valence-corrected chi connectivity index (χ1v) is 12.0. The fraction of sp³-hybridized carbons (Fsp3) is 0.524. The summed E-state index contributed by atoms with van der Waals surface area (Å²) >= 11 is 8.04. The number of nitrogens with one attached hydrogen (secondary N) is 3. The van der Waals surface area contributed by atoms with E-state index in [1.54, 1.807) is 12.1 Å². The second-order valence-corrected chi connectivity index (χ2v) is 8.38. The van der Waals surface area contributed by atoms with Gasteiger partial charge >= 0.3 is 5.97 Å². The monoisotopic (exact) mass is 515 g/mol. The summed E-state index contributed by atoms with van der Waals surface area (Å²) in [5.74, 6) is -3.18. The number of amides is 3. The molecule has 11 nitrogen and oxygen atoms in total. The van der Waals surface area contributed by atoms with E-state index in [4.69, 9.17) is 11.5 Å². The normalized spacial score (nSPS) is 14.4. The Morgan fingerprint density at radius 2 is 1.41 bits per heavy atom. The summed E-state index contributed by atoms with van der Waals surface area (Å²) in [6.07, 6.45) is 1.29. The van der Waals surface area contributed by atoms with E-state index in [-0.39, 0.29) is 30.1 Å². The number of benzene rings is 1. The number of carboxylic acids is 1. The molecule has 4 atom stereocenters. The van der Waals surface area contributed by atoms with Gasteiger partial charge in [-0.1, -0.05) is 12.1 Å². The molecule has 0 spiro atoms. The van der Waals surface area contributed by atoms with Crippen molar-refractivity contribution in [1.29, 1.82) is 0 Å². The smallest absolute Gasteiger partial charge is 0.326 e. The van der Waals surface area contributed by atoms with Crippen molar-refractivity contribution in [3.05, 3.63) is 29.8 Å². The first-order valence-electron chi connectivity index (χ1n) is 10.7. The van der Waals surface area contributed by atoms with Crippen LogP contribution in [0.5, 0.6) is 5.75 Å². The number of nitrogens with two attached hydrogens (primary N) is 2. The minimum Gasteiger partial charge on any atom is -0.508 e. The first-order chi connectivity index (χ1) is 16.1. The number of thiol groups is 2. The molecule has 0 aliphatic carbocycles. The highest BCUT2D eigenvalue weighted by molar-refractivity contribution is 7.80. The number of carbonyl (C=O) groups excluding carboxylic acids is 3. The van der Waals surface area contributed by atoms with E-state index in [2.05, 4.69) is 41.2 Å². The molecule has 0 bridgehead atoms. The molecule has 0 fully saturated rings. The molecule has 0 aliphatic rings. The highest BCUT2D eigenvalue weighted by Gasteiger charge is 2.29. The molecular formula is C21H33N5O6S2. The molecule has 0 saturated carbocycles. The Hall–Kier alpha value is -2.48. The van der Waals surface area contributed by atoms with Crippen molar-refractivity contribution in [3.63, 3.8) is 0 Å². The molecule has 0 aliphatic heterocycles. The van der Waals surface area contributed by atoms with Gasteiger partial charge in [0.05, 0.1) is 6.04 Å². The van der Waals surface area contributed by atoms with Crippen molar-refractivity contribution in [2.45, 2.75) is 49.9 Å². The first kappa shape index (κ1) is 29.6. The van der Waals surface area contributed by atoms with Crippen LogP contribution in [-0.4, -0.2) is 76.1 Å². The van der Waals surface area contributed by atoms with Crippen LogP contribution in [0.2, 0.25) is 0 Å². The van der Waals surface area contributed by atoms with Gasteiger partial charge in [0, 0.05) is 17.9 Å². The Morgan fingerprint density at radius 1 is 0.853 bits per heavy atom. The van der Waals surface area contributed by atoms with E-state index in [1.165, 1.54) is 12.1 Å². The maximum Gasteiger partial charge on any atom is 0.326 e. The molecule has 34 heavy (non-hydrogen) atoms. The van der Waals surface area contributed by atoms with Crippen LogP contribution in [-0.2, 0) is 25.6 Å². The van der Waals surface area contributed by atoms with Crippen LogP contribution in [0.15, 0.2) is 24.3 Å². The summed E-state index contributed by atoms with van der Waals surface area (Å²) in [5, 5.41) is 26.4. The third kappa shape index (κ3) is 10.2. The van der Waals surface area contributed by atoms with Crippen molar-refractivity contribution in [2.24, 2.45) is 11.5 Å². The molecule has 9 N–H and O–H groups in total. The zero-order valence-electron chi connectivity index (χ0n) is 18.6. The van der Waals surface area contributed by atoms with Crippen molar-refractivity contribution in [1.82, 2.24) is 16.0 Å². The molecule has 13 heteroatoms. The standard InChI is InChI=1S/C21H33N5O6S2/c22-8-2-1-3-15(21(31)32)24-19(29)16(9-12-4-6-13(27)7-5-12)25-20(30)17(11-34)26-18(28)14(23)10-33/h4-7,14-17,27,33-34H,1-3,8-11,22-23H2,(H,24,29)(H,25,30)(H,26,28)(H,31,32). The van der Waals surface area contributed by atoms with Crippen LogP contribution < -0.4 is 27.4 Å². The fourth-order valence-corrected chi connectivity index (χ4v) is 3.35. The molecule has 0 radical (unpaired) electrons. The number of aromatic hydroxyl groups is 1. The lowest BCUT2D eigenvalue weighted by Crippen LogP contribution is -2.58. The SMILES string of the molecule is NCCCCC(NC(=O)C(Cc1ccc(O)cc1)NC(=O)C(CS)NC(=O)C(N)CS)C(=O)O. The van der Waals surface area contributed by atoms with E-state index in [9.17, 15) is 29.4 Å². The summed E-state index contributed by atoms with van der Waals surface area (Å²) in [6.45, 7) is 0.396. The minimum absolute atomic E-state index is 0.0103. The number of hydrogen-bond acceptors (Lipinski definition) is 9. The second-order valence-electron chi connectivity index (χ2n) is 7.65. The van der Waals surface area contributed by atoms with Crippen LogP contribution in [0.25, 0.3) is 0 Å². The van der Waals surface area contributed by atoms with Gasteiger partial charge in [-0.25, -0.2) is 4.79 Å². The predicted molar refractivity (Wildman–Crippen MR) is 134 cm³/mol. The largest absolute Gasteiger partial charge is 0.508 e. The van der Waals surface area contributed by atoms with Crippen molar-refractivity contribution < 1.29 is 29.4 Å². The third-order valence-corrected chi connectivity index (χ3v) is 5.68. The number of aliphatic carboxylic acids is 1. The second kappa shape index (κ2) is 15.4. The highest BCUT2D eigenvalue weighted by Crippen LogP contribution is 2.12. The topological polar surface area (TPSA) is 197 Å². The number of phenols is 1. The summed E-state index contributed by atoms with van der Waals surface area (Å²) in [6, 6.07) is 1.65. The number of rotatable bonds is 15. The van der Waals surface area contributed by atoms with Gasteiger partial charge in [-0.2, -0.15) is 25.3 Å². The molecule has 190 valence electrons. The molecular weight excluding hydrogens is 482 g/mol. The number of carboxylic acid groups (broad SMARTS) is 1. The van der Waals surface area contributed by atoms with Gasteiger partial charge < -0.3 is 37.6 Å². The molecule has 0 saturated heterocycles. The van der Waals surface area contributed by atoms with Crippen LogP contribution in [0.4, 0.5) is 0 Å². The van der Waals surface area contributed by atoms with Gasteiger partial charge in [0.1, 0.15) is 23.9 Å². The van der Waals surface area contributed by atoms with Crippen LogP contribution in [0.1, 0.15) is 24.8 Å². The number of unbranched alkanes of at least 4 members (excludes halogenated alkanes) is 1. The van der Waals surface area contributed by atoms with Crippen LogP contribution in [0, 0.1) is 0 Å². The Morgan fingerprint density at radius 3 is 1.94 bits per heavy atom. The lowest BCUT2D eigenvalue weighted by atomic mass is 10.0. The van der Waals surface area contributed by atoms with E-state index in [1.807, 2.05) is 0 Å². The zero-order chi connectivity index (χ0) is 25.7. The predicted octanol–water partition coefficient (Wildman–Crippen LogP) is -1.21. The van der Waals surface area contributed by atoms with E-state index in [0.717, 1.165) is 0 Å². The quantitative estimate of drug-likeness (QED) is 0.102. The average Bonchev–Trinajstić information content (AvgIpc) is 2.81. The van der Waals surface area contributed by atoms with Crippen LogP contribution in [0.3, 0.4) is 0 Å². The van der Waals surface area contributed by atoms with E-state index >= 15 is 0 Å². The molecule has 0 heterocycles. The summed E-state index contributed by atoms with van der Waals surface area (Å²) < 4.78 is 0. The Bertz CT molecular complexity index is 826. The van der Waals surface area contributed by atoms with Gasteiger partial charge in [-0.15, -0.1) is 0 Å². The highest BCUT2D eigenvalue weighted by atomic mass is 32.1. The van der Waals surface area contributed by atoms with Crippen molar-refractivity contribution in [2.75, 3.05) is 18.1 Å². The van der Waals surface area contributed by atoms with Crippen LogP contribution >= 0.6 is 25.3 Å². The third-order valence-electron chi connectivity index (χ3n) is 4.92. The molecule has 1 rings (SSSR count). The molecule has 1 aromatic rings. The maximum absolute atomic E-state index is 13.0. The van der Waals surface area contributed by atoms with E-state index in [0.29, 0.717) is 24.9 Å². The Kier molecular flexibility index (Phi) is 13.4. The van der Waals surface area contributed by atoms with Gasteiger partial charge in [0.15, 0.2) is 0 Å². The molecule has 4 unspecified atom stereocenters. The molecule has 0 aromatic heterocycles. The summed E-state index contributed by atoms with van der Waals surface area (Å²) in [5.41, 5.74) is 11.7. The van der Waals surface area contributed by atoms with Gasteiger partial charge in [-0.3, -0.25) is 14.4 Å². The summed E-state index contributed by atoms with van der Waals surface area (Å²) in [7, 11) is 0. The van der Waals surface area contributed by atoms with Gasteiger partial charge in [0.25, 0.3) is 0 Å². The van der Waals surface area contributed by atoms with E-state index < -0.39 is 47.9 Å². The number of hydrogen-bond donors (Lipinski definition) is 9. The lowest BCUT2D eigenvalue weighted by molar-refractivity contribution is -0.142. The van der Waals surface area contributed by atoms with Crippen molar-refractivity contribution in [3.8, 4) is 5.75 Å². The van der Waals surface area contributed by atoms with Gasteiger partial charge in [-0.05, 0) is 43.5 Å². The lowest BCUT2D eigenvalue weighted by Gasteiger charge is -2.24. The Labute approximate surface area is 209 Å². The van der Waals surface area contributed by atoms with Crippen molar-refractivity contribution >= 4 is 48.9 Å². The van der Waals surface area contributed by atoms with Gasteiger partial charge in [0.2, 0.25) is 17.7 Å². The minimum atomic E-state index is -1.21. The molecule has 3 amide bonds.